The molecule has 0 saturated heterocycles. The number of aryl methyl sites for hydroxylation is 1. The summed E-state index contributed by atoms with van der Waals surface area (Å²) in [4.78, 5) is 21.4. The van der Waals surface area contributed by atoms with Crippen LogP contribution in [0.25, 0.3) is 0 Å². The number of amides is 1. The van der Waals surface area contributed by atoms with Gasteiger partial charge in [-0.05, 0) is 36.8 Å². The molecule has 0 radical (unpaired) electrons. The third-order valence-electron chi connectivity index (χ3n) is 3.89. The van der Waals surface area contributed by atoms with Gasteiger partial charge in [0, 0.05) is 30.7 Å². The Kier molecular flexibility index (Phi) is 5.53. The van der Waals surface area contributed by atoms with Crippen molar-refractivity contribution in [3.63, 3.8) is 0 Å². The first-order chi connectivity index (χ1) is 12.6. The third kappa shape index (κ3) is 3.86. The summed E-state index contributed by atoms with van der Waals surface area (Å²) in [5, 5.41) is 3.65. The molecule has 0 aliphatic carbocycles. The summed E-state index contributed by atoms with van der Waals surface area (Å²) >= 11 is 6.00. The van der Waals surface area contributed by atoms with Crippen LogP contribution >= 0.6 is 11.6 Å². The van der Waals surface area contributed by atoms with Crippen molar-refractivity contribution in [2.75, 3.05) is 6.61 Å². The number of hydrogen-bond donors (Lipinski definition) is 1. The number of benzene rings is 1. The predicted octanol–water partition coefficient (Wildman–Crippen LogP) is 3.39. The molecule has 1 atom stereocenters. The number of nitrogens with one attached hydrogen (secondary N) is 1. The van der Waals surface area contributed by atoms with Gasteiger partial charge < -0.3 is 14.6 Å². The standard InChI is InChI=1S/C19H19ClN4O2/c1-3-26-19-15(5-4-10-22-19)18(25)23-16(17-21-11-12-24(17)2)13-6-8-14(20)9-7-13/h4-12,16H,3H2,1-2H3,(H,23,25). The van der Waals surface area contributed by atoms with Gasteiger partial charge >= 0.3 is 0 Å². The quantitative estimate of drug-likeness (QED) is 0.722. The van der Waals surface area contributed by atoms with E-state index in [0.717, 1.165) is 5.56 Å². The van der Waals surface area contributed by atoms with Crippen molar-refractivity contribution in [2.45, 2.75) is 13.0 Å². The molecule has 0 aliphatic rings. The van der Waals surface area contributed by atoms with Gasteiger partial charge in [-0.2, -0.15) is 0 Å². The van der Waals surface area contributed by atoms with Crippen LogP contribution < -0.4 is 10.1 Å². The van der Waals surface area contributed by atoms with Crippen LogP contribution in [0.2, 0.25) is 5.02 Å². The van der Waals surface area contributed by atoms with E-state index in [1.54, 1.807) is 36.7 Å². The first kappa shape index (κ1) is 17.9. The normalized spacial score (nSPS) is 11.8. The summed E-state index contributed by atoms with van der Waals surface area (Å²) in [7, 11) is 1.88. The van der Waals surface area contributed by atoms with Crippen LogP contribution in [0.3, 0.4) is 0 Å². The molecule has 1 amide bonds. The summed E-state index contributed by atoms with van der Waals surface area (Å²) in [5.74, 6) is 0.731. The zero-order valence-electron chi connectivity index (χ0n) is 14.5. The summed E-state index contributed by atoms with van der Waals surface area (Å²) in [6.45, 7) is 2.28. The maximum atomic E-state index is 12.9. The molecule has 26 heavy (non-hydrogen) atoms. The van der Waals surface area contributed by atoms with Crippen LogP contribution in [0.1, 0.15) is 34.7 Å². The predicted molar refractivity (Wildman–Crippen MR) is 99.4 cm³/mol. The van der Waals surface area contributed by atoms with E-state index in [1.807, 2.05) is 36.9 Å². The first-order valence-electron chi connectivity index (χ1n) is 8.21. The lowest BCUT2D eigenvalue weighted by Gasteiger charge is -2.20. The van der Waals surface area contributed by atoms with E-state index in [9.17, 15) is 4.79 Å². The van der Waals surface area contributed by atoms with Gasteiger partial charge in [-0.1, -0.05) is 23.7 Å². The van der Waals surface area contributed by atoms with Crippen LogP contribution in [0.5, 0.6) is 5.88 Å². The number of carbonyl (C=O) groups excluding carboxylic acids is 1. The van der Waals surface area contributed by atoms with Crippen molar-refractivity contribution in [2.24, 2.45) is 7.05 Å². The molecule has 0 saturated carbocycles. The van der Waals surface area contributed by atoms with Crippen molar-refractivity contribution in [1.29, 1.82) is 0 Å². The fraction of sp³-hybridized carbons (Fsp3) is 0.211. The lowest BCUT2D eigenvalue weighted by atomic mass is 10.1. The third-order valence-corrected chi connectivity index (χ3v) is 4.14. The second-order valence-corrected chi connectivity index (χ2v) is 6.08. The highest BCUT2D eigenvalue weighted by Gasteiger charge is 2.23. The average molecular weight is 371 g/mol. The van der Waals surface area contributed by atoms with Crippen LogP contribution in [-0.2, 0) is 7.05 Å². The molecule has 0 bridgehead atoms. The Morgan fingerprint density at radius 2 is 2.00 bits per heavy atom. The molecule has 3 rings (SSSR count). The van der Waals surface area contributed by atoms with Crippen molar-refractivity contribution in [3.05, 3.63) is 77.0 Å². The Morgan fingerprint density at radius 3 is 2.65 bits per heavy atom. The van der Waals surface area contributed by atoms with Gasteiger partial charge in [-0.25, -0.2) is 9.97 Å². The van der Waals surface area contributed by atoms with Gasteiger partial charge in [0.25, 0.3) is 5.91 Å². The fourth-order valence-corrected chi connectivity index (χ4v) is 2.76. The van der Waals surface area contributed by atoms with Crippen LogP contribution in [-0.4, -0.2) is 27.0 Å². The number of rotatable bonds is 6. The van der Waals surface area contributed by atoms with Gasteiger partial charge in [0.2, 0.25) is 5.88 Å². The minimum absolute atomic E-state index is 0.288. The Labute approximate surface area is 156 Å². The smallest absolute Gasteiger partial charge is 0.257 e. The van der Waals surface area contributed by atoms with E-state index < -0.39 is 6.04 Å². The Morgan fingerprint density at radius 1 is 1.23 bits per heavy atom. The molecule has 1 N–H and O–H groups in total. The summed E-state index contributed by atoms with van der Waals surface area (Å²) in [6.07, 6.45) is 5.12. The number of imidazole rings is 1. The van der Waals surface area contributed by atoms with Crippen molar-refractivity contribution < 1.29 is 9.53 Å². The molecule has 1 aromatic carbocycles. The summed E-state index contributed by atoms with van der Waals surface area (Å²) in [5.41, 5.74) is 1.25. The monoisotopic (exact) mass is 370 g/mol. The minimum atomic E-state index is -0.436. The Balaban J connectivity index is 1.95. The zero-order valence-corrected chi connectivity index (χ0v) is 15.3. The molecular weight excluding hydrogens is 352 g/mol. The minimum Gasteiger partial charge on any atom is -0.477 e. The van der Waals surface area contributed by atoms with E-state index >= 15 is 0 Å². The SMILES string of the molecule is CCOc1ncccc1C(=O)NC(c1ccc(Cl)cc1)c1nccn1C. The molecule has 1 unspecified atom stereocenters. The molecule has 2 aromatic heterocycles. The molecule has 134 valence electrons. The number of pyridine rings is 1. The number of halogens is 1. The second kappa shape index (κ2) is 8.01. The molecule has 0 spiro atoms. The molecule has 0 fully saturated rings. The van der Waals surface area contributed by atoms with Crippen molar-refractivity contribution in [3.8, 4) is 5.88 Å². The lowest BCUT2D eigenvalue weighted by molar-refractivity contribution is 0.0936. The zero-order chi connectivity index (χ0) is 18.5. The molecule has 3 aromatic rings. The highest BCUT2D eigenvalue weighted by molar-refractivity contribution is 6.30. The van der Waals surface area contributed by atoms with Crippen LogP contribution in [0.4, 0.5) is 0 Å². The molecule has 6 nitrogen and oxygen atoms in total. The average Bonchev–Trinajstić information content (AvgIpc) is 3.07. The van der Waals surface area contributed by atoms with Crippen molar-refractivity contribution in [1.82, 2.24) is 19.9 Å². The van der Waals surface area contributed by atoms with Gasteiger partial charge in [0.15, 0.2) is 0 Å². The number of hydrogen-bond acceptors (Lipinski definition) is 4. The van der Waals surface area contributed by atoms with E-state index in [2.05, 4.69) is 15.3 Å². The van der Waals surface area contributed by atoms with Crippen LogP contribution in [0, 0.1) is 0 Å². The number of carbonyl (C=O) groups is 1. The van der Waals surface area contributed by atoms with Gasteiger partial charge in [0.1, 0.15) is 17.4 Å². The summed E-state index contributed by atoms with van der Waals surface area (Å²) < 4.78 is 7.33. The molecular formula is C19H19ClN4O2. The van der Waals surface area contributed by atoms with E-state index in [-0.39, 0.29) is 5.91 Å². The van der Waals surface area contributed by atoms with Gasteiger partial charge in [-0.3, -0.25) is 4.79 Å². The first-order valence-corrected chi connectivity index (χ1v) is 8.59. The number of ether oxygens (including phenoxy) is 1. The molecule has 2 heterocycles. The highest BCUT2D eigenvalue weighted by Crippen LogP contribution is 2.24. The van der Waals surface area contributed by atoms with E-state index in [1.165, 1.54) is 0 Å². The second-order valence-electron chi connectivity index (χ2n) is 5.64. The van der Waals surface area contributed by atoms with Crippen molar-refractivity contribution >= 4 is 17.5 Å². The van der Waals surface area contributed by atoms with E-state index in [0.29, 0.717) is 28.9 Å². The molecule has 0 aliphatic heterocycles. The van der Waals surface area contributed by atoms with Gasteiger partial charge in [-0.15, -0.1) is 0 Å². The van der Waals surface area contributed by atoms with E-state index in [4.69, 9.17) is 16.3 Å². The number of nitrogens with zero attached hydrogens (tertiary/aromatic N) is 3. The topological polar surface area (TPSA) is 69.0 Å². The maximum Gasteiger partial charge on any atom is 0.257 e. The summed E-state index contributed by atoms with van der Waals surface area (Å²) in [6, 6.07) is 10.3. The van der Waals surface area contributed by atoms with Crippen LogP contribution in [0.15, 0.2) is 55.0 Å². The maximum absolute atomic E-state index is 12.9. The molecule has 7 heteroatoms. The fourth-order valence-electron chi connectivity index (χ4n) is 2.63. The largest absolute Gasteiger partial charge is 0.477 e. The lowest BCUT2D eigenvalue weighted by Crippen LogP contribution is -2.31. The highest BCUT2D eigenvalue weighted by atomic mass is 35.5. The van der Waals surface area contributed by atoms with Gasteiger partial charge in [0.05, 0.1) is 6.61 Å². The number of aromatic nitrogens is 3. The Bertz CT molecular complexity index is 893. The Hall–Kier alpha value is -2.86.